The maximum Gasteiger partial charge on any atom is 0.229 e. The summed E-state index contributed by atoms with van der Waals surface area (Å²) in [5, 5.41) is 11.5. The number of carbonyl (C=O) groups excluding carboxylic acids is 1. The van der Waals surface area contributed by atoms with Crippen LogP contribution in [0.1, 0.15) is 20.8 Å². The van der Waals surface area contributed by atoms with E-state index in [-0.39, 0.29) is 5.91 Å². The number of anilines is 1. The standard InChI is InChI=1S/C28H24N8O/c1-28(2,3)27(37)32-19-11-18(14-30-15-19)16-6-7-22-21(12-16)24(36-35-22)26-33-23-20(8-10-31-25(23)34-26)17-5-4-9-29-13-17/h4-15H,1-3H3,(H,32,37)(H,35,36)(H,31,33,34). The lowest BCUT2D eigenvalue weighted by molar-refractivity contribution is -0.123. The van der Waals surface area contributed by atoms with Crippen molar-refractivity contribution < 1.29 is 4.79 Å². The smallest absolute Gasteiger partial charge is 0.229 e. The summed E-state index contributed by atoms with van der Waals surface area (Å²) in [6.45, 7) is 5.63. The average molecular weight is 489 g/mol. The molecular weight excluding hydrogens is 464 g/mol. The van der Waals surface area contributed by atoms with E-state index in [1.807, 2.05) is 69.4 Å². The summed E-state index contributed by atoms with van der Waals surface area (Å²) in [6, 6.07) is 13.8. The number of amides is 1. The summed E-state index contributed by atoms with van der Waals surface area (Å²) in [7, 11) is 0. The highest BCUT2D eigenvalue weighted by Crippen LogP contribution is 2.33. The lowest BCUT2D eigenvalue weighted by atomic mass is 9.95. The highest BCUT2D eigenvalue weighted by Gasteiger charge is 2.21. The van der Waals surface area contributed by atoms with Crippen molar-refractivity contribution in [1.82, 2.24) is 35.1 Å². The molecule has 1 aromatic carbocycles. The van der Waals surface area contributed by atoms with E-state index >= 15 is 0 Å². The summed E-state index contributed by atoms with van der Waals surface area (Å²) in [5.74, 6) is 0.551. The van der Waals surface area contributed by atoms with E-state index in [9.17, 15) is 4.79 Å². The number of H-pyrrole nitrogens is 2. The molecule has 0 fully saturated rings. The van der Waals surface area contributed by atoms with Gasteiger partial charge < -0.3 is 10.3 Å². The summed E-state index contributed by atoms with van der Waals surface area (Å²) < 4.78 is 0. The summed E-state index contributed by atoms with van der Waals surface area (Å²) >= 11 is 0. The molecule has 0 bridgehead atoms. The molecule has 5 aromatic heterocycles. The van der Waals surface area contributed by atoms with Crippen molar-refractivity contribution in [2.45, 2.75) is 20.8 Å². The summed E-state index contributed by atoms with van der Waals surface area (Å²) in [6.07, 6.45) is 8.74. The third-order valence-electron chi connectivity index (χ3n) is 6.15. The number of carbonyl (C=O) groups is 1. The van der Waals surface area contributed by atoms with Gasteiger partial charge in [0.2, 0.25) is 5.91 Å². The topological polar surface area (TPSA) is 125 Å². The second-order valence-electron chi connectivity index (χ2n) is 9.88. The molecule has 0 radical (unpaired) electrons. The SMILES string of the molecule is CC(C)(C)C(=O)Nc1cncc(-c2ccc3[nH]nc(-c4nc5c(-c6cccnc6)ccnc5[nH]4)c3c2)c1. The van der Waals surface area contributed by atoms with Gasteiger partial charge in [0.05, 0.1) is 17.4 Å². The number of hydrogen-bond acceptors (Lipinski definition) is 6. The first-order valence-electron chi connectivity index (χ1n) is 11.9. The maximum absolute atomic E-state index is 12.4. The highest BCUT2D eigenvalue weighted by molar-refractivity contribution is 5.98. The quantitative estimate of drug-likeness (QED) is 0.296. The zero-order chi connectivity index (χ0) is 25.6. The minimum atomic E-state index is -0.501. The second kappa shape index (κ2) is 8.63. The lowest BCUT2D eigenvalue weighted by Crippen LogP contribution is -2.27. The van der Waals surface area contributed by atoms with Crippen LogP contribution >= 0.6 is 0 Å². The Morgan fingerprint density at radius 1 is 0.919 bits per heavy atom. The van der Waals surface area contributed by atoms with Crippen molar-refractivity contribution in [1.29, 1.82) is 0 Å². The summed E-state index contributed by atoms with van der Waals surface area (Å²) in [4.78, 5) is 33.7. The van der Waals surface area contributed by atoms with Crippen molar-refractivity contribution in [2.75, 3.05) is 5.32 Å². The number of rotatable bonds is 4. The number of imidazole rings is 1. The monoisotopic (exact) mass is 488 g/mol. The number of fused-ring (bicyclic) bond motifs is 2. The van der Waals surface area contributed by atoms with Gasteiger partial charge >= 0.3 is 0 Å². The van der Waals surface area contributed by atoms with Crippen LogP contribution in [-0.4, -0.2) is 41.0 Å². The molecule has 0 atom stereocenters. The fourth-order valence-corrected chi connectivity index (χ4v) is 4.14. The molecule has 6 aromatic rings. The number of nitrogens with one attached hydrogen (secondary N) is 3. The van der Waals surface area contributed by atoms with Gasteiger partial charge in [-0.25, -0.2) is 9.97 Å². The predicted molar refractivity (Wildman–Crippen MR) is 144 cm³/mol. The molecule has 3 N–H and O–H groups in total. The first kappa shape index (κ1) is 22.5. The summed E-state index contributed by atoms with van der Waals surface area (Å²) in [5.41, 5.74) is 6.89. The third kappa shape index (κ3) is 4.20. The number of pyridine rings is 3. The van der Waals surface area contributed by atoms with Crippen LogP contribution in [0.4, 0.5) is 5.69 Å². The van der Waals surface area contributed by atoms with Crippen molar-refractivity contribution in [2.24, 2.45) is 5.41 Å². The van der Waals surface area contributed by atoms with Gasteiger partial charge in [-0.2, -0.15) is 5.10 Å². The van der Waals surface area contributed by atoms with E-state index in [2.05, 4.69) is 35.5 Å². The Kier molecular flexibility index (Phi) is 5.26. The molecular formula is C28H24N8O. The number of aromatic amines is 2. The van der Waals surface area contributed by atoms with E-state index < -0.39 is 5.41 Å². The Balaban J connectivity index is 1.40. The zero-order valence-electron chi connectivity index (χ0n) is 20.6. The average Bonchev–Trinajstić information content (AvgIpc) is 3.52. The van der Waals surface area contributed by atoms with Gasteiger partial charge in [0.25, 0.3) is 0 Å². The van der Waals surface area contributed by atoms with Crippen LogP contribution in [0.2, 0.25) is 0 Å². The molecule has 0 unspecified atom stereocenters. The molecule has 0 aliphatic heterocycles. The van der Waals surface area contributed by atoms with Gasteiger partial charge in [0, 0.05) is 52.3 Å². The van der Waals surface area contributed by atoms with Crippen LogP contribution in [0, 0.1) is 5.41 Å². The molecule has 6 rings (SSSR count). The molecule has 9 heteroatoms. The van der Waals surface area contributed by atoms with Crippen molar-refractivity contribution in [3.63, 3.8) is 0 Å². The number of benzene rings is 1. The molecule has 182 valence electrons. The van der Waals surface area contributed by atoms with Crippen LogP contribution in [0.15, 0.2) is 73.4 Å². The maximum atomic E-state index is 12.4. The lowest BCUT2D eigenvalue weighted by Gasteiger charge is -2.17. The van der Waals surface area contributed by atoms with Gasteiger partial charge in [0.1, 0.15) is 11.2 Å². The number of nitrogens with zero attached hydrogens (tertiary/aromatic N) is 5. The highest BCUT2D eigenvalue weighted by atomic mass is 16.2. The first-order chi connectivity index (χ1) is 17.9. The predicted octanol–water partition coefficient (Wildman–Crippen LogP) is 5.61. The molecule has 5 heterocycles. The Morgan fingerprint density at radius 2 is 1.78 bits per heavy atom. The molecule has 0 spiro atoms. The number of hydrogen-bond donors (Lipinski definition) is 3. The molecule has 0 saturated heterocycles. The van der Waals surface area contributed by atoms with Crippen molar-refractivity contribution in [3.05, 3.63) is 73.4 Å². The van der Waals surface area contributed by atoms with Crippen molar-refractivity contribution >= 4 is 33.7 Å². The number of aromatic nitrogens is 7. The van der Waals surface area contributed by atoms with Gasteiger partial charge in [-0.1, -0.05) is 32.9 Å². The van der Waals surface area contributed by atoms with Gasteiger partial charge in [-0.05, 0) is 35.9 Å². The Labute approximate surface area is 212 Å². The Bertz CT molecular complexity index is 1760. The largest absolute Gasteiger partial charge is 0.324 e. The van der Waals surface area contributed by atoms with Crippen LogP contribution in [-0.2, 0) is 4.79 Å². The van der Waals surface area contributed by atoms with Gasteiger partial charge in [-0.15, -0.1) is 0 Å². The minimum Gasteiger partial charge on any atom is -0.324 e. The third-order valence-corrected chi connectivity index (χ3v) is 6.15. The molecule has 37 heavy (non-hydrogen) atoms. The van der Waals surface area contributed by atoms with Crippen LogP contribution < -0.4 is 5.32 Å². The Morgan fingerprint density at radius 3 is 2.59 bits per heavy atom. The fraction of sp³-hybridized carbons (Fsp3) is 0.143. The van der Waals surface area contributed by atoms with Crippen LogP contribution in [0.25, 0.3) is 55.8 Å². The normalized spacial score (nSPS) is 11.8. The van der Waals surface area contributed by atoms with Gasteiger partial charge in [0.15, 0.2) is 11.5 Å². The molecule has 1 amide bonds. The minimum absolute atomic E-state index is 0.0665. The van der Waals surface area contributed by atoms with E-state index in [0.29, 0.717) is 22.9 Å². The molecule has 0 aliphatic carbocycles. The van der Waals surface area contributed by atoms with E-state index in [0.717, 1.165) is 38.7 Å². The van der Waals surface area contributed by atoms with E-state index in [4.69, 9.17) is 4.98 Å². The van der Waals surface area contributed by atoms with Crippen molar-refractivity contribution in [3.8, 4) is 33.8 Å². The zero-order valence-corrected chi connectivity index (χ0v) is 20.6. The molecule has 9 nitrogen and oxygen atoms in total. The van der Waals surface area contributed by atoms with Gasteiger partial charge in [-0.3, -0.25) is 19.9 Å². The van der Waals surface area contributed by atoms with E-state index in [1.54, 1.807) is 24.8 Å². The van der Waals surface area contributed by atoms with Crippen LogP contribution in [0.5, 0.6) is 0 Å². The molecule has 0 aliphatic rings. The fourth-order valence-electron chi connectivity index (χ4n) is 4.14. The van der Waals surface area contributed by atoms with E-state index in [1.165, 1.54) is 0 Å². The first-order valence-corrected chi connectivity index (χ1v) is 11.9. The molecule has 0 saturated carbocycles. The van der Waals surface area contributed by atoms with Crippen LogP contribution in [0.3, 0.4) is 0 Å². The second-order valence-corrected chi connectivity index (χ2v) is 9.88. The Hall–Kier alpha value is -4.92.